The molecule has 1 N–H and O–H groups in total. The molecular weight excluding hydrogens is 452 g/mol. The first-order chi connectivity index (χ1) is 15.4. The van der Waals surface area contributed by atoms with Crippen molar-refractivity contribution in [2.75, 3.05) is 0 Å². The first kappa shape index (κ1) is 22.3. The standard InChI is InChI=1S/C22H19F2N5OS2/c1-15(31-21-27-20(28-32-21)10-7-16-5-3-2-4-6-16)22(30,12-29-14-25-13-26-29)18-9-8-17(23)11-19(18)24/h2-11,13-15,30H,12H2,1H3/b10-7+. The third-order valence-electron chi connectivity index (χ3n) is 4.86. The van der Waals surface area contributed by atoms with Crippen molar-refractivity contribution in [2.45, 2.75) is 28.7 Å². The number of benzene rings is 2. The van der Waals surface area contributed by atoms with Crippen molar-refractivity contribution < 1.29 is 13.9 Å². The molecule has 32 heavy (non-hydrogen) atoms. The van der Waals surface area contributed by atoms with Gasteiger partial charge < -0.3 is 5.11 Å². The molecule has 0 aliphatic heterocycles. The van der Waals surface area contributed by atoms with Crippen LogP contribution >= 0.6 is 23.3 Å². The van der Waals surface area contributed by atoms with Gasteiger partial charge in [-0.25, -0.2) is 23.4 Å². The molecule has 6 nitrogen and oxygen atoms in total. The lowest BCUT2D eigenvalue weighted by Gasteiger charge is -2.33. The summed E-state index contributed by atoms with van der Waals surface area (Å²) in [6.45, 7) is 1.69. The highest BCUT2D eigenvalue weighted by Crippen LogP contribution is 2.39. The van der Waals surface area contributed by atoms with Crippen molar-refractivity contribution in [1.82, 2.24) is 24.1 Å². The number of rotatable bonds is 8. The van der Waals surface area contributed by atoms with Crippen molar-refractivity contribution in [2.24, 2.45) is 0 Å². The zero-order chi connectivity index (χ0) is 22.6. The van der Waals surface area contributed by atoms with Crippen LogP contribution in [-0.2, 0) is 12.1 Å². The van der Waals surface area contributed by atoms with Crippen LogP contribution in [-0.4, -0.2) is 34.5 Å². The van der Waals surface area contributed by atoms with E-state index in [1.807, 2.05) is 42.5 Å². The fourth-order valence-electron chi connectivity index (χ4n) is 3.15. The molecule has 4 rings (SSSR count). The van der Waals surface area contributed by atoms with E-state index in [0.29, 0.717) is 10.2 Å². The maximum absolute atomic E-state index is 14.7. The van der Waals surface area contributed by atoms with Gasteiger partial charge >= 0.3 is 0 Å². The third-order valence-corrected chi connectivity index (χ3v) is 6.94. The average Bonchev–Trinajstić information content (AvgIpc) is 3.45. The van der Waals surface area contributed by atoms with Gasteiger partial charge in [-0.05, 0) is 36.2 Å². The number of aromatic nitrogens is 5. The molecule has 2 atom stereocenters. The quantitative estimate of drug-likeness (QED) is 0.377. The van der Waals surface area contributed by atoms with Crippen LogP contribution in [0.3, 0.4) is 0 Å². The number of nitrogens with zero attached hydrogens (tertiary/aromatic N) is 5. The number of halogens is 2. The van der Waals surface area contributed by atoms with E-state index in [1.165, 1.54) is 46.7 Å². The summed E-state index contributed by atoms with van der Waals surface area (Å²) in [5, 5.41) is 15.0. The topological polar surface area (TPSA) is 76.7 Å². The number of aliphatic hydroxyl groups is 1. The van der Waals surface area contributed by atoms with Crippen molar-refractivity contribution in [3.05, 3.63) is 89.8 Å². The molecule has 0 radical (unpaired) electrons. The van der Waals surface area contributed by atoms with Gasteiger partial charge in [0.25, 0.3) is 0 Å². The summed E-state index contributed by atoms with van der Waals surface area (Å²) in [6, 6.07) is 12.9. The van der Waals surface area contributed by atoms with E-state index in [0.717, 1.165) is 17.7 Å². The largest absolute Gasteiger partial charge is 0.382 e. The molecular formula is C22H19F2N5OS2. The van der Waals surface area contributed by atoms with Crippen LogP contribution in [0.5, 0.6) is 0 Å². The molecule has 0 spiro atoms. The SMILES string of the molecule is CC(Sc1nc(/C=C/c2ccccc2)ns1)C(O)(Cn1cncn1)c1ccc(F)cc1F. The summed E-state index contributed by atoms with van der Waals surface area (Å²) < 4.78 is 34.5. The maximum atomic E-state index is 14.7. The Labute approximate surface area is 191 Å². The summed E-state index contributed by atoms with van der Waals surface area (Å²) in [4.78, 5) is 8.37. The van der Waals surface area contributed by atoms with E-state index in [9.17, 15) is 13.9 Å². The van der Waals surface area contributed by atoms with E-state index in [1.54, 1.807) is 6.92 Å². The Morgan fingerprint density at radius 1 is 1.19 bits per heavy atom. The molecule has 0 bridgehead atoms. The zero-order valence-corrected chi connectivity index (χ0v) is 18.6. The maximum Gasteiger partial charge on any atom is 0.170 e. The molecule has 0 saturated heterocycles. The molecule has 4 aromatic rings. The van der Waals surface area contributed by atoms with E-state index < -0.39 is 22.5 Å². The van der Waals surface area contributed by atoms with E-state index in [4.69, 9.17) is 0 Å². The van der Waals surface area contributed by atoms with Gasteiger partial charge in [0.15, 0.2) is 10.2 Å². The smallest absolute Gasteiger partial charge is 0.170 e. The number of hydrogen-bond donors (Lipinski definition) is 1. The fraction of sp³-hybridized carbons (Fsp3) is 0.182. The highest BCUT2D eigenvalue weighted by molar-refractivity contribution is 8.01. The zero-order valence-electron chi connectivity index (χ0n) is 17.0. The van der Waals surface area contributed by atoms with Crippen LogP contribution in [0.15, 0.2) is 65.5 Å². The summed E-state index contributed by atoms with van der Waals surface area (Å²) >= 11 is 2.45. The molecule has 2 aromatic heterocycles. The Kier molecular flexibility index (Phi) is 6.73. The highest BCUT2D eigenvalue weighted by atomic mass is 32.2. The number of thioether (sulfide) groups is 1. The average molecular weight is 472 g/mol. The summed E-state index contributed by atoms with van der Waals surface area (Å²) in [6.07, 6.45) is 6.48. The van der Waals surface area contributed by atoms with Crippen LogP contribution in [0.25, 0.3) is 12.2 Å². The van der Waals surface area contributed by atoms with Crippen LogP contribution in [0.2, 0.25) is 0 Å². The predicted octanol–water partition coefficient (Wildman–Crippen LogP) is 4.65. The molecule has 0 saturated carbocycles. The second-order valence-corrected chi connectivity index (χ2v) is 9.40. The minimum Gasteiger partial charge on any atom is -0.382 e. The monoisotopic (exact) mass is 471 g/mol. The van der Waals surface area contributed by atoms with Crippen molar-refractivity contribution in [3.63, 3.8) is 0 Å². The van der Waals surface area contributed by atoms with Gasteiger partial charge in [-0.2, -0.15) is 9.47 Å². The third kappa shape index (κ3) is 5.09. The Hall–Kier alpha value is -2.95. The van der Waals surface area contributed by atoms with E-state index in [-0.39, 0.29) is 12.1 Å². The first-order valence-electron chi connectivity index (χ1n) is 9.68. The van der Waals surface area contributed by atoms with Gasteiger partial charge in [-0.3, -0.25) is 0 Å². The van der Waals surface area contributed by atoms with Crippen molar-refractivity contribution in [3.8, 4) is 0 Å². The molecule has 2 heterocycles. The molecule has 0 aliphatic carbocycles. The predicted molar refractivity (Wildman–Crippen MR) is 121 cm³/mol. The number of hydrogen-bond acceptors (Lipinski definition) is 7. The Morgan fingerprint density at radius 3 is 2.72 bits per heavy atom. The molecule has 2 unspecified atom stereocenters. The van der Waals surface area contributed by atoms with Crippen LogP contribution in [0.4, 0.5) is 8.78 Å². The summed E-state index contributed by atoms with van der Waals surface area (Å²) in [5.41, 5.74) is -0.705. The Bertz CT molecular complexity index is 1200. The first-order valence-corrected chi connectivity index (χ1v) is 11.3. The molecule has 2 aromatic carbocycles. The lowest BCUT2D eigenvalue weighted by Crippen LogP contribution is -2.41. The second kappa shape index (κ2) is 9.68. The van der Waals surface area contributed by atoms with Crippen LogP contribution in [0.1, 0.15) is 23.9 Å². The van der Waals surface area contributed by atoms with Gasteiger partial charge in [0, 0.05) is 16.9 Å². The molecule has 10 heteroatoms. The fourth-order valence-corrected chi connectivity index (χ4v) is 5.12. The molecule has 0 aliphatic rings. The van der Waals surface area contributed by atoms with Crippen molar-refractivity contribution >= 4 is 35.4 Å². The molecule has 164 valence electrons. The molecule has 0 amide bonds. The van der Waals surface area contributed by atoms with Crippen molar-refractivity contribution in [1.29, 1.82) is 0 Å². The second-order valence-electron chi connectivity index (χ2n) is 7.06. The van der Waals surface area contributed by atoms with Gasteiger partial charge in [0.1, 0.15) is 29.9 Å². The summed E-state index contributed by atoms with van der Waals surface area (Å²) in [7, 11) is 0. The van der Waals surface area contributed by atoms with Gasteiger partial charge in [-0.15, -0.1) is 0 Å². The van der Waals surface area contributed by atoms with Gasteiger partial charge in [0.05, 0.1) is 6.54 Å². The van der Waals surface area contributed by atoms with E-state index >= 15 is 0 Å². The van der Waals surface area contributed by atoms with Crippen LogP contribution < -0.4 is 0 Å². The summed E-state index contributed by atoms with van der Waals surface area (Å²) in [5.74, 6) is -1.00. The normalized spacial score (nSPS) is 14.5. The Morgan fingerprint density at radius 2 is 2.00 bits per heavy atom. The minimum absolute atomic E-state index is 0.0249. The highest BCUT2D eigenvalue weighted by Gasteiger charge is 2.40. The van der Waals surface area contributed by atoms with Gasteiger partial charge in [0.2, 0.25) is 0 Å². The lowest BCUT2D eigenvalue weighted by molar-refractivity contribution is 0.0133. The minimum atomic E-state index is -1.71. The van der Waals surface area contributed by atoms with Crippen LogP contribution in [0, 0.1) is 11.6 Å². The van der Waals surface area contributed by atoms with Gasteiger partial charge in [-0.1, -0.05) is 54.2 Å². The lowest BCUT2D eigenvalue weighted by atomic mass is 9.90. The molecule has 0 fully saturated rings. The van der Waals surface area contributed by atoms with E-state index in [2.05, 4.69) is 19.4 Å². The Balaban J connectivity index is 1.57.